The highest BCUT2D eigenvalue weighted by molar-refractivity contribution is 6.30. The first-order chi connectivity index (χ1) is 13.5. The summed E-state index contributed by atoms with van der Waals surface area (Å²) in [6, 6.07) is 9.67. The quantitative estimate of drug-likeness (QED) is 0.578. The molecule has 2 aliphatic rings. The molecule has 0 atom stereocenters. The van der Waals surface area contributed by atoms with Crippen LogP contribution >= 0.6 is 11.6 Å². The van der Waals surface area contributed by atoms with Gasteiger partial charge in [0.15, 0.2) is 6.79 Å². The molecular formula is C20H16ClNO6. The van der Waals surface area contributed by atoms with Gasteiger partial charge in [-0.2, -0.15) is 0 Å². The van der Waals surface area contributed by atoms with Crippen molar-refractivity contribution in [2.45, 2.75) is 26.1 Å². The number of ether oxygens (including phenoxy) is 3. The van der Waals surface area contributed by atoms with Gasteiger partial charge in [-0.3, -0.25) is 14.5 Å². The second-order valence-corrected chi connectivity index (χ2v) is 6.85. The number of benzene rings is 2. The predicted molar refractivity (Wildman–Crippen MR) is 99.0 cm³/mol. The van der Waals surface area contributed by atoms with Crippen molar-refractivity contribution >= 4 is 35.1 Å². The summed E-state index contributed by atoms with van der Waals surface area (Å²) in [6.07, 6.45) is 0.355. The van der Waals surface area contributed by atoms with E-state index in [-0.39, 0.29) is 43.6 Å². The van der Waals surface area contributed by atoms with Gasteiger partial charge in [-0.15, -0.1) is 0 Å². The molecule has 0 aromatic heterocycles. The molecule has 0 unspecified atom stereocenters. The zero-order valence-electron chi connectivity index (χ0n) is 14.8. The molecule has 0 saturated carbocycles. The van der Waals surface area contributed by atoms with Gasteiger partial charge < -0.3 is 14.2 Å². The molecule has 1 saturated heterocycles. The topological polar surface area (TPSA) is 82.1 Å². The number of rotatable bonds is 4. The van der Waals surface area contributed by atoms with Crippen molar-refractivity contribution in [1.29, 1.82) is 0 Å². The van der Waals surface area contributed by atoms with Crippen LogP contribution in [0, 0.1) is 0 Å². The largest absolute Gasteiger partial charge is 0.467 e. The number of carbonyl (C=O) groups is 3. The number of nitrogens with zero attached hydrogens (tertiary/aromatic N) is 1. The van der Waals surface area contributed by atoms with E-state index in [0.29, 0.717) is 28.6 Å². The van der Waals surface area contributed by atoms with Crippen LogP contribution in [0.15, 0.2) is 36.4 Å². The molecule has 0 N–H and O–H groups in total. The summed E-state index contributed by atoms with van der Waals surface area (Å²) in [5.41, 5.74) is 2.03. The fraction of sp³-hybridized carbons (Fsp3) is 0.250. The molecule has 144 valence electrons. The van der Waals surface area contributed by atoms with Crippen LogP contribution in [0.3, 0.4) is 0 Å². The Kier molecular flexibility index (Phi) is 5.02. The summed E-state index contributed by atoms with van der Waals surface area (Å²) < 4.78 is 16.1. The highest BCUT2D eigenvalue weighted by Crippen LogP contribution is 2.32. The van der Waals surface area contributed by atoms with E-state index in [0.717, 1.165) is 10.5 Å². The lowest BCUT2D eigenvalue weighted by Gasteiger charge is -2.21. The average Bonchev–Trinajstić information content (AvgIpc) is 3.04. The molecule has 0 radical (unpaired) electrons. The minimum Gasteiger partial charge on any atom is -0.467 e. The fourth-order valence-corrected chi connectivity index (χ4v) is 3.49. The minimum atomic E-state index is -0.582. The van der Waals surface area contributed by atoms with E-state index in [9.17, 15) is 14.4 Å². The summed E-state index contributed by atoms with van der Waals surface area (Å²) in [7, 11) is 0. The molecule has 1 fully saturated rings. The molecule has 28 heavy (non-hydrogen) atoms. The van der Waals surface area contributed by atoms with Crippen LogP contribution in [0.25, 0.3) is 0 Å². The molecule has 2 aromatic rings. The van der Waals surface area contributed by atoms with E-state index in [1.165, 1.54) is 6.07 Å². The van der Waals surface area contributed by atoms with E-state index in [4.69, 9.17) is 25.8 Å². The second-order valence-electron chi connectivity index (χ2n) is 6.41. The Labute approximate surface area is 165 Å². The molecule has 2 aliphatic heterocycles. The first-order valence-electron chi connectivity index (χ1n) is 8.68. The van der Waals surface area contributed by atoms with Gasteiger partial charge in [0.1, 0.15) is 12.4 Å². The molecule has 2 amide bonds. The van der Waals surface area contributed by atoms with Crippen molar-refractivity contribution in [2.24, 2.45) is 0 Å². The van der Waals surface area contributed by atoms with Gasteiger partial charge in [0.2, 0.25) is 11.8 Å². The smallest absolute Gasteiger partial charge is 0.338 e. The van der Waals surface area contributed by atoms with Crippen LogP contribution in [0.1, 0.15) is 34.3 Å². The lowest BCUT2D eigenvalue weighted by molar-refractivity contribution is -0.121. The van der Waals surface area contributed by atoms with Crippen molar-refractivity contribution < 1.29 is 28.6 Å². The predicted octanol–water partition coefficient (Wildman–Crippen LogP) is 3.22. The number of amides is 2. The Balaban J connectivity index is 1.51. The van der Waals surface area contributed by atoms with Crippen molar-refractivity contribution in [1.82, 2.24) is 0 Å². The normalized spacial score (nSPS) is 16.0. The van der Waals surface area contributed by atoms with E-state index in [1.807, 2.05) is 0 Å². The van der Waals surface area contributed by atoms with E-state index in [2.05, 4.69) is 0 Å². The summed E-state index contributed by atoms with van der Waals surface area (Å²) in [5.74, 6) is -0.534. The van der Waals surface area contributed by atoms with E-state index >= 15 is 0 Å². The van der Waals surface area contributed by atoms with Gasteiger partial charge in [-0.25, -0.2) is 4.79 Å². The zero-order valence-corrected chi connectivity index (χ0v) is 15.5. The molecule has 0 aliphatic carbocycles. The SMILES string of the molecule is O=C(OCc1cc(Cl)cc2c1OCOC2)c1cccc(N2C(=O)CCC2=O)c1. The number of imide groups is 1. The highest BCUT2D eigenvalue weighted by atomic mass is 35.5. The lowest BCUT2D eigenvalue weighted by atomic mass is 10.1. The molecule has 7 nitrogen and oxygen atoms in total. The Morgan fingerprint density at radius 3 is 2.71 bits per heavy atom. The standard InChI is InChI=1S/C20H16ClNO6/c21-15-6-13-9-26-11-28-19(13)14(7-15)10-27-20(25)12-2-1-3-16(8-12)22-17(23)4-5-18(22)24/h1-3,6-8H,4-5,9-11H2. The van der Waals surface area contributed by atoms with Gasteiger partial charge in [0.25, 0.3) is 0 Å². The monoisotopic (exact) mass is 401 g/mol. The molecular weight excluding hydrogens is 386 g/mol. The Morgan fingerprint density at radius 2 is 1.93 bits per heavy atom. The Hall–Kier alpha value is -2.90. The lowest BCUT2D eigenvalue weighted by Crippen LogP contribution is -2.28. The maximum absolute atomic E-state index is 12.5. The maximum atomic E-state index is 12.5. The van der Waals surface area contributed by atoms with Crippen molar-refractivity contribution in [3.63, 3.8) is 0 Å². The van der Waals surface area contributed by atoms with Crippen molar-refractivity contribution in [3.8, 4) is 5.75 Å². The van der Waals surface area contributed by atoms with Gasteiger partial charge in [-0.05, 0) is 30.3 Å². The summed E-state index contributed by atoms with van der Waals surface area (Å²) in [5, 5.41) is 0.493. The minimum absolute atomic E-state index is 0.0342. The molecule has 8 heteroatoms. The third-order valence-electron chi connectivity index (χ3n) is 4.50. The summed E-state index contributed by atoms with van der Waals surface area (Å²) >= 11 is 6.11. The van der Waals surface area contributed by atoms with Crippen LogP contribution in [-0.4, -0.2) is 24.6 Å². The van der Waals surface area contributed by atoms with Crippen molar-refractivity contribution in [2.75, 3.05) is 11.7 Å². The number of hydrogen-bond acceptors (Lipinski definition) is 6. The maximum Gasteiger partial charge on any atom is 0.338 e. The van der Waals surface area contributed by atoms with Crippen LogP contribution < -0.4 is 9.64 Å². The van der Waals surface area contributed by atoms with Gasteiger partial charge in [-0.1, -0.05) is 17.7 Å². The van der Waals surface area contributed by atoms with Gasteiger partial charge >= 0.3 is 5.97 Å². The molecule has 2 heterocycles. The second kappa shape index (κ2) is 7.61. The first-order valence-corrected chi connectivity index (χ1v) is 9.05. The third kappa shape index (κ3) is 3.58. The number of halogens is 1. The molecule has 4 rings (SSSR count). The van der Waals surface area contributed by atoms with Crippen LogP contribution in [0.2, 0.25) is 5.02 Å². The van der Waals surface area contributed by atoms with E-state index in [1.54, 1.807) is 30.3 Å². The fourth-order valence-electron chi connectivity index (χ4n) is 3.23. The number of carbonyl (C=O) groups excluding carboxylic acids is 3. The molecule has 2 aromatic carbocycles. The number of esters is 1. The Morgan fingerprint density at radius 1 is 1.14 bits per heavy atom. The first kappa shape index (κ1) is 18.5. The zero-order chi connectivity index (χ0) is 19.7. The Bertz CT molecular complexity index is 957. The number of hydrogen-bond donors (Lipinski definition) is 0. The third-order valence-corrected chi connectivity index (χ3v) is 4.72. The van der Waals surface area contributed by atoms with Crippen LogP contribution in [0.5, 0.6) is 5.75 Å². The van der Waals surface area contributed by atoms with Gasteiger partial charge in [0, 0.05) is 29.0 Å². The average molecular weight is 402 g/mol. The van der Waals surface area contributed by atoms with Crippen LogP contribution in [-0.2, 0) is 32.3 Å². The summed E-state index contributed by atoms with van der Waals surface area (Å²) in [6.45, 7) is 0.458. The van der Waals surface area contributed by atoms with Crippen molar-refractivity contribution in [3.05, 3.63) is 58.1 Å². The number of anilines is 1. The summed E-state index contributed by atoms with van der Waals surface area (Å²) in [4.78, 5) is 37.4. The van der Waals surface area contributed by atoms with E-state index < -0.39 is 5.97 Å². The number of fused-ring (bicyclic) bond motifs is 1. The highest BCUT2D eigenvalue weighted by Gasteiger charge is 2.30. The van der Waals surface area contributed by atoms with Crippen LogP contribution in [0.4, 0.5) is 5.69 Å². The molecule has 0 bridgehead atoms. The molecule has 0 spiro atoms. The van der Waals surface area contributed by atoms with Gasteiger partial charge in [0.05, 0.1) is 17.9 Å².